The molecule has 1 rings (SSSR count). The molecule has 1 aromatic rings. The fourth-order valence-electron chi connectivity index (χ4n) is 1.55. The van der Waals surface area contributed by atoms with Crippen molar-refractivity contribution in [2.75, 3.05) is 29.6 Å². The topological polar surface area (TPSA) is 84.1 Å². The van der Waals surface area contributed by atoms with Gasteiger partial charge in [-0.25, -0.2) is 9.97 Å². The Labute approximate surface area is 113 Å². The van der Waals surface area contributed by atoms with Gasteiger partial charge in [0, 0.05) is 24.3 Å². The minimum Gasteiger partial charge on any atom is -0.387 e. The van der Waals surface area contributed by atoms with E-state index in [1.165, 1.54) is 0 Å². The van der Waals surface area contributed by atoms with E-state index in [2.05, 4.69) is 15.3 Å². The summed E-state index contributed by atoms with van der Waals surface area (Å²) < 4.78 is 0. The van der Waals surface area contributed by atoms with E-state index in [0.717, 1.165) is 12.0 Å². The first-order valence-corrected chi connectivity index (χ1v) is 7.37. The van der Waals surface area contributed by atoms with Gasteiger partial charge in [0.05, 0.1) is 5.60 Å². The molecule has 0 bridgehead atoms. The van der Waals surface area contributed by atoms with Crippen LogP contribution >= 0.6 is 11.8 Å². The summed E-state index contributed by atoms with van der Waals surface area (Å²) in [4.78, 5) is 8.59. The Kier molecular flexibility index (Phi) is 5.22. The van der Waals surface area contributed by atoms with Crippen LogP contribution in [0.25, 0.3) is 0 Å². The fourth-order valence-corrected chi connectivity index (χ4v) is 2.27. The second-order valence-electron chi connectivity index (χ2n) is 4.64. The molecular weight excluding hydrogens is 248 g/mol. The Morgan fingerprint density at radius 1 is 1.44 bits per heavy atom. The highest BCUT2D eigenvalue weighted by Crippen LogP contribution is 2.19. The summed E-state index contributed by atoms with van der Waals surface area (Å²) in [6.45, 7) is 6.10. The molecule has 0 aromatic carbocycles. The first-order chi connectivity index (χ1) is 8.39. The number of nitrogen functional groups attached to an aromatic ring is 1. The molecule has 4 N–H and O–H groups in total. The van der Waals surface area contributed by atoms with E-state index < -0.39 is 5.60 Å². The third kappa shape index (κ3) is 4.03. The quantitative estimate of drug-likeness (QED) is 0.725. The highest BCUT2D eigenvalue weighted by atomic mass is 32.2. The molecule has 0 spiro atoms. The monoisotopic (exact) mass is 270 g/mol. The van der Waals surface area contributed by atoms with Gasteiger partial charge >= 0.3 is 0 Å². The Morgan fingerprint density at radius 3 is 2.67 bits per heavy atom. The van der Waals surface area contributed by atoms with Gasteiger partial charge in [-0.15, -0.1) is 0 Å². The molecule has 1 atom stereocenters. The average Bonchev–Trinajstić information content (AvgIpc) is 2.30. The third-order valence-electron chi connectivity index (χ3n) is 2.64. The molecular formula is C12H22N4OS. The van der Waals surface area contributed by atoms with Crippen LogP contribution in [0, 0.1) is 6.92 Å². The second kappa shape index (κ2) is 6.24. The summed E-state index contributed by atoms with van der Waals surface area (Å²) >= 11 is 1.61. The molecule has 1 aromatic heterocycles. The van der Waals surface area contributed by atoms with Crippen molar-refractivity contribution in [3.63, 3.8) is 0 Å². The smallest absolute Gasteiger partial charge is 0.134 e. The van der Waals surface area contributed by atoms with Gasteiger partial charge in [-0.2, -0.15) is 11.8 Å². The van der Waals surface area contributed by atoms with E-state index in [-0.39, 0.29) is 0 Å². The largest absolute Gasteiger partial charge is 0.387 e. The molecule has 102 valence electrons. The number of nitrogens with zero attached hydrogens (tertiary/aromatic N) is 2. The molecule has 0 aliphatic rings. The number of hydrogen-bond donors (Lipinski definition) is 3. The van der Waals surface area contributed by atoms with Gasteiger partial charge in [-0.05, 0) is 20.1 Å². The lowest BCUT2D eigenvalue weighted by atomic mass is 10.1. The summed E-state index contributed by atoms with van der Waals surface area (Å²) in [6, 6.07) is 0. The summed E-state index contributed by atoms with van der Waals surface area (Å²) in [6.07, 6.45) is 2.71. The van der Waals surface area contributed by atoms with Gasteiger partial charge < -0.3 is 16.2 Å². The van der Waals surface area contributed by atoms with Crippen molar-refractivity contribution in [2.24, 2.45) is 0 Å². The zero-order valence-corrected chi connectivity index (χ0v) is 12.3. The van der Waals surface area contributed by atoms with Crippen LogP contribution in [0.2, 0.25) is 0 Å². The fraction of sp³-hybridized carbons (Fsp3) is 0.667. The molecule has 0 amide bonds. The highest BCUT2D eigenvalue weighted by Gasteiger charge is 2.20. The van der Waals surface area contributed by atoms with Crippen molar-refractivity contribution in [2.45, 2.75) is 32.8 Å². The maximum Gasteiger partial charge on any atom is 0.134 e. The maximum absolute atomic E-state index is 10.1. The van der Waals surface area contributed by atoms with Gasteiger partial charge in [0.2, 0.25) is 0 Å². The van der Waals surface area contributed by atoms with Crippen molar-refractivity contribution < 1.29 is 5.11 Å². The van der Waals surface area contributed by atoms with E-state index in [1.54, 1.807) is 18.7 Å². The molecule has 0 aliphatic heterocycles. The van der Waals surface area contributed by atoms with Crippen LogP contribution in [-0.2, 0) is 6.42 Å². The van der Waals surface area contributed by atoms with E-state index in [1.807, 2.05) is 20.1 Å². The summed E-state index contributed by atoms with van der Waals surface area (Å²) in [5.74, 6) is 2.58. The summed E-state index contributed by atoms with van der Waals surface area (Å²) in [7, 11) is 0. The van der Waals surface area contributed by atoms with E-state index in [4.69, 9.17) is 5.73 Å². The molecule has 6 heteroatoms. The van der Waals surface area contributed by atoms with Gasteiger partial charge in [0.25, 0.3) is 0 Å². The van der Waals surface area contributed by atoms with E-state index in [0.29, 0.717) is 29.8 Å². The molecule has 18 heavy (non-hydrogen) atoms. The van der Waals surface area contributed by atoms with Crippen molar-refractivity contribution in [3.8, 4) is 0 Å². The number of aryl methyl sites for hydroxylation is 1. The lowest BCUT2D eigenvalue weighted by molar-refractivity contribution is 0.0996. The first kappa shape index (κ1) is 15.0. The molecule has 0 aliphatic carbocycles. The molecule has 1 unspecified atom stereocenters. The number of thioether (sulfide) groups is 1. The SMILES string of the molecule is CCc1nc(N)c(C)c(NCC(C)(O)CSC)n1. The van der Waals surface area contributed by atoms with Crippen LogP contribution in [0.5, 0.6) is 0 Å². The zero-order valence-electron chi connectivity index (χ0n) is 11.4. The van der Waals surface area contributed by atoms with Crippen LogP contribution in [0.4, 0.5) is 11.6 Å². The van der Waals surface area contributed by atoms with Crippen molar-refractivity contribution in [1.29, 1.82) is 0 Å². The minimum atomic E-state index is -0.766. The van der Waals surface area contributed by atoms with Crippen LogP contribution in [0.1, 0.15) is 25.2 Å². The average molecular weight is 270 g/mol. The van der Waals surface area contributed by atoms with Crippen molar-refractivity contribution in [1.82, 2.24) is 9.97 Å². The number of aromatic nitrogens is 2. The summed E-state index contributed by atoms with van der Waals surface area (Å²) in [5, 5.41) is 13.3. The predicted octanol–water partition coefficient (Wildman–Crippen LogP) is 1.46. The standard InChI is InChI=1S/C12H22N4OS/c1-5-9-15-10(13)8(2)11(16-9)14-6-12(3,17)7-18-4/h17H,5-7H2,1-4H3,(H3,13,14,15,16). The number of hydrogen-bond acceptors (Lipinski definition) is 6. The van der Waals surface area contributed by atoms with Crippen LogP contribution in [0.3, 0.4) is 0 Å². The Bertz CT molecular complexity index is 409. The molecule has 0 radical (unpaired) electrons. The Balaban J connectivity index is 2.81. The van der Waals surface area contributed by atoms with E-state index in [9.17, 15) is 5.11 Å². The number of anilines is 2. The predicted molar refractivity (Wildman–Crippen MR) is 78.1 cm³/mol. The highest BCUT2D eigenvalue weighted by molar-refractivity contribution is 7.98. The van der Waals surface area contributed by atoms with Gasteiger partial charge in [-0.3, -0.25) is 0 Å². The number of aliphatic hydroxyl groups is 1. The first-order valence-electron chi connectivity index (χ1n) is 5.97. The molecule has 5 nitrogen and oxygen atoms in total. The van der Waals surface area contributed by atoms with Crippen LogP contribution in [-0.4, -0.2) is 39.2 Å². The normalized spacial score (nSPS) is 14.3. The zero-order chi connectivity index (χ0) is 13.8. The minimum absolute atomic E-state index is 0.439. The van der Waals surface area contributed by atoms with Crippen molar-refractivity contribution in [3.05, 3.63) is 11.4 Å². The lowest BCUT2D eigenvalue weighted by Crippen LogP contribution is -2.36. The number of nitrogens with two attached hydrogens (primary N) is 1. The molecule has 0 saturated carbocycles. The lowest BCUT2D eigenvalue weighted by Gasteiger charge is -2.23. The second-order valence-corrected chi connectivity index (χ2v) is 5.50. The maximum atomic E-state index is 10.1. The summed E-state index contributed by atoms with van der Waals surface area (Å²) in [5.41, 5.74) is 5.90. The Hall–Kier alpha value is -1.01. The molecule has 0 saturated heterocycles. The van der Waals surface area contributed by atoms with Gasteiger partial charge in [0.15, 0.2) is 0 Å². The van der Waals surface area contributed by atoms with E-state index >= 15 is 0 Å². The number of nitrogens with one attached hydrogen (secondary N) is 1. The van der Waals surface area contributed by atoms with Crippen LogP contribution in [0.15, 0.2) is 0 Å². The Morgan fingerprint density at radius 2 is 2.11 bits per heavy atom. The third-order valence-corrected chi connectivity index (χ3v) is 3.55. The van der Waals surface area contributed by atoms with Gasteiger partial charge in [0.1, 0.15) is 17.5 Å². The molecule has 1 heterocycles. The molecule has 0 fully saturated rings. The number of rotatable bonds is 6. The van der Waals surface area contributed by atoms with Crippen molar-refractivity contribution >= 4 is 23.4 Å². The van der Waals surface area contributed by atoms with Crippen LogP contribution < -0.4 is 11.1 Å². The van der Waals surface area contributed by atoms with Gasteiger partial charge in [-0.1, -0.05) is 6.92 Å².